The maximum absolute atomic E-state index is 13.1. The third-order valence-electron chi connectivity index (χ3n) is 7.68. The van der Waals surface area contributed by atoms with Gasteiger partial charge in [-0.05, 0) is 74.4 Å². The second-order valence-electron chi connectivity index (χ2n) is 10.8. The number of nitrogens with zero attached hydrogens (tertiary/aromatic N) is 4. The van der Waals surface area contributed by atoms with Gasteiger partial charge < -0.3 is 14.4 Å². The summed E-state index contributed by atoms with van der Waals surface area (Å²) in [6, 6.07) is 26.0. The largest absolute Gasteiger partial charge is 0.489 e. The molecule has 6 rings (SSSR count). The Balaban J connectivity index is 1.24. The highest BCUT2D eigenvalue weighted by Gasteiger charge is 2.32. The van der Waals surface area contributed by atoms with E-state index >= 15 is 0 Å². The Morgan fingerprint density at radius 3 is 2.55 bits per heavy atom. The van der Waals surface area contributed by atoms with Crippen LogP contribution in [-0.2, 0) is 20.9 Å². The van der Waals surface area contributed by atoms with Crippen LogP contribution in [0.2, 0.25) is 0 Å². The van der Waals surface area contributed by atoms with Crippen LogP contribution in [0.5, 0.6) is 5.75 Å². The fourth-order valence-corrected chi connectivity index (χ4v) is 6.21. The minimum atomic E-state index is -0.272. The number of esters is 1. The molecule has 3 heterocycles. The van der Waals surface area contributed by atoms with Crippen molar-refractivity contribution in [3.8, 4) is 22.7 Å². The van der Waals surface area contributed by atoms with E-state index in [0.29, 0.717) is 49.2 Å². The Labute approximate surface area is 261 Å². The van der Waals surface area contributed by atoms with Gasteiger partial charge in [0, 0.05) is 30.4 Å². The molecule has 1 aromatic heterocycles. The second kappa shape index (κ2) is 13.3. The lowest BCUT2D eigenvalue weighted by Gasteiger charge is -2.31. The van der Waals surface area contributed by atoms with Gasteiger partial charge in [0.15, 0.2) is 5.17 Å². The van der Waals surface area contributed by atoms with Crippen molar-refractivity contribution in [3.63, 3.8) is 0 Å². The summed E-state index contributed by atoms with van der Waals surface area (Å²) in [5.41, 5.74) is 5.64. The first-order chi connectivity index (χ1) is 21.5. The molecule has 4 aromatic rings. The summed E-state index contributed by atoms with van der Waals surface area (Å²) >= 11 is 1.37. The fourth-order valence-electron chi connectivity index (χ4n) is 5.26. The number of ether oxygens (including phenoxy) is 2. The first-order valence-electron chi connectivity index (χ1n) is 14.8. The topological polar surface area (TPSA) is 86.0 Å². The number of rotatable bonds is 8. The number of hydrogen-bond donors (Lipinski definition) is 0. The van der Waals surface area contributed by atoms with Crippen LogP contribution in [0, 0.1) is 12.8 Å². The van der Waals surface area contributed by atoms with E-state index in [4.69, 9.17) is 14.6 Å². The van der Waals surface area contributed by atoms with Crippen molar-refractivity contribution in [1.29, 1.82) is 0 Å². The van der Waals surface area contributed by atoms with Gasteiger partial charge in [-0.3, -0.25) is 9.59 Å². The molecule has 1 fully saturated rings. The molecule has 9 heteroatoms. The summed E-state index contributed by atoms with van der Waals surface area (Å²) in [5.74, 6) is 0.217. The molecule has 2 aliphatic rings. The van der Waals surface area contributed by atoms with E-state index in [2.05, 4.69) is 41.1 Å². The maximum Gasteiger partial charge on any atom is 0.309 e. The molecule has 0 bridgehead atoms. The van der Waals surface area contributed by atoms with Crippen molar-refractivity contribution < 1.29 is 19.1 Å². The SMILES string of the molecule is CCOC(=O)C1CCN(C2=NC(=O)/C(=C/c3cn(-c4ccccc4)nc3-c3cccc(OCc4ccc(C)cc4)c3)S2)CC1. The van der Waals surface area contributed by atoms with Crippen molar-refractivity contribution in [2.45, 2.75) is 33.3 Å². The monoisotopic (exact) mass is 606 g/mol. The van der Waals surface area contributed by atoms with E-state index < -0.39 is 0 Å². The lowest BCUT2D eigenvalue weighted by molar-refractivity contribution is -0.149. The van der Waals surface area contributed by atoms with Crippen molar-refractivity contribution in [3.05, 3.63) is 107 Å². The molecule has 1 amide bonds. The number of aliphatic imine (C=N–C) groups is 1. The van der Waals surface area contributed by atoms with Crippen LogP contribution >= 0.6 is 11.8 Å². The molecule has 2 aliphatic heterocycles. The summed E-state index contributed by atoms with van der Waals surface area (Å²) in [7, 11) is 0. The molecule has 3 aromatic carbocycles. The fraction of sp³-hybridized carbons (Fsp3) is 0.257. The number of hydrogen-bond acceptors (Lipinski definition) is 7. The Morgan fingerprint density at radius 1 is 1.02 bits per heavy atom. The van der Waals surface area contributed by atoms with Crippen LogP contribution in [-0.4, -0.2) is 51.4 Å². The molecule has 8 nitrogen and oxygen atoms in total. The highest BCUT2D eigenvalue weighted by atomic mass is 32.2. The number of benzene rings is 3. The van der Waals surface area contributed by atoms with Gasteiger partial charge in [-0.25, -0.2) is 4.68 Å². The van der Waals surface area contributed by atoms with Crippen molar-refractivity contribution in [1.82, 2.24) is 14.7 Å². The zero-order valence-corrected chi connectivity index (χ0v) is 25.6. The number of carbonyl (C=O) groups is 2. The molecule has 0 N–H and O–H groups in total. The number of aromatic nitrogens is 2. The standard InChI is InChI=1S/C35H34N4O4S/c1-3-42-34(41)26-16-18-38(19-17-26)35-36-33(40)31(44-35)21-28-22-39(29-9-5-4-6-10-29)37-32(28)27-8-7-11-30(20-27)43-23-25-14-12-24(2)13-15-25/h4-15,20-22,26H,3,16-19,23H2,1-2H3/b31-21-. The molecule has 0 atom stereocenters. The number of para-hydroxylation sites is 1. The smallest absolute Gasteiger partial charge is 0.309 e. The Kier molecular flexibility index (Phi) is 8.93. The van der Waals surface area contributed by atoms with E-state index in [0.717, 1.165) is 33.8 Å². The summed E-state index contributed by atoms with van der Waals surface area (Å²) < 4.78 is 13.2. The molecule has 0 saturated carbocycles. The van der Waals surface area contributed by atoms with Crippen molar-refractivity contribution in [2.24, 2.45) is 10.9 Å². The molecular weight excluding hydrogens is 572 g/mol. The summed E-state index contributed by atoms with van der Waals surface area (Å²) in [6.45, 7) is 6.04. The number of thioether (sulfide) groups is 1. The number of amidine groups is 1. The number of amides is 1. The molecule has 0 spiro atoms. The zero-order valence-electron chi connectivity index (χ0n) is 24.8. The number of piperidine rings is 1. The van der Waals surface area contributed by atoms with Gasteiger partial charge in [0.1, 0.15) is 18.1 Å². The number of carbonyl (C=O) groups excluding carboxylic acids is 2. The molecule has 44 heavy (non-hydrogen) atoms. The highest BCUT2D eigenvalue weighted by Crippen LogP contribution is 2.35. The van der Waals surface area contributed by atoms with Gasteiger partial charge in [0.25, 0.3) is 5.91 Å². The van der Waals surface area contributed by atoms with Crippen LogP contribution in [0.4, 0.5) is 0 Å². The van der Waals surface area contributed by atoms with Crippen LogP contribution in [0.1, 0.15) is 36.5 Å². The number of likely N-dealkylation sites (tertiary alicyclic amines) is 1. The van der Waals surface area contributed by atoms with E-state index in [1.165, 1.54) is 17.3 Å². The first-order valence-corrected chi connectivity index (χ1v) is 15.7. The Hall–Kier alpha value is -4.63. The lowest BCUT2D eigenvalue weighted by atomic mass is 9.97. The molecule has 0 radical (unpaired) electrons. The lowest BCUT2D eigenvalue weighted by Crippen LogP contribution is -2.39. The van der Waals surface area contributed by atoms with Crippen molar-refractivity contribution in [2.75, 3.05) is 19.7 Å². The van der Waals surface area contributed by atoms with Gasteiger partial charge in [0.05, 0.1) is 23.1 Å². The average molecular weight is 607 g/mol. The van der Waals surface area contributed by atoms with Gasteiger partial charge in [-0.1, -0.05) is 60.2 Å². The summed E-state index contributed by atoms with van der Waals surface area (Å²) in [5, 5.41) is 5.61. The average Bonchev–Trinajstić information content (AvgIpc) is 3.65. The van der Waals surface area contributed by atoms with E-state index in [9.17, 15) is 9.59 Å². The highest BCUT2D eigenvalue weighted by molar-refractivity contribution is 8.18. The molecule has 1 saturated heterocycles. The van der Waals surface area contributed by atoms with Gasteiger partial charge in [-0.2, -0.15) is 10.1 Å². The molecule has 0 unspecified atom stereocenters. The first kappa shape index (κ1) is 29.4. The van der Waals surface area contributed by atoms with Crippen LogP contribution in [0.25, 0.3) is 23.0 Å². The molecule has 224 valence electrons. The molecular formula is C35H34N4O4S. The minimum Gasteiger partial charge on any atom is -0.489 e. The third-order valence-corrected chi connectivity index (χ3v) is 8.72. The van der Waals surface area contributed by atoms with Gasteiger partial charge in [0.2, 0.25) is 0 Å². The predicted octanol–water partition coefficient (Wildman–Crippen LogP) is 6.67. The predicted molar refractivity (Wildman–Crippen MR) is 173 cm³/mol. The van der Waals surface area contributed by atoms with Crippen molar-refractivity contribution >= 4 is 34.9 Å². The van der Waals surface area contributed by atoms with Gasteiger partial charge >= 0.3 is 5.97 Å². The Morgan fingerprint density at radius 2 is 1.80 bits per heavy atom. The normalized spacial score (nSPS) is 16.3. The number of aryl methyl sites for hydroxylation is 1. The quantitative estimate of drug-likeness (QED) is 0.164. The van der Waals surface area contributed by atoms with E-state index in [-0.39, 0.29) is 17.8 Å². The zero-order chi connectivity index (χ0) is 30.5. The minimum absolute atomic E-state index is 0.105. The van der Waals surface area contributed by atoms with Crippen LogP contribution in [0.3, 0.4) is 0 Å². The maximum atomic E-state index is 13.1. The van der Waals surface area contributed by atoms with Gasteiger partial charge in [-0.15, -0.1) is 0 Å². The second-order valence-corrected chi connectivity index (χ2v) is 11.8. The summed E-state index contributed by atoms with van der Waals surface area (Å²) in [6.07, 6.45) is 5.18. The summed E-state index contributed by atoms with van der Waals surface area (Å²) in [4.78, 5) is 32.2. The van der Waals surface area contributed by atoms with E-state index in [1.54, 1.807) is 0 Å². The van der Waals surface area contributed by atoms with Crippen LogP contribution in [0.15, 0.2) is 95.0 Å². The third kappa shape index (κ3) is 6.78. The molecule has 0 aliphatic carbocycles. The van der Waals surface area contributed by atoms with Crippen LogP contribution < -0.4 is 4.74 Å². The van der Waals surface area contributed by atoms with E-state index in [1.807, 2.05) is 78.5 Å². The Bertz CT molecular complexity index is 1700.